The molecule has 1 saturated carbocycles. The second kappa shape index (κ2) is 11.9. The lowest BCUT2D eigenvalue weighted by molar-refractivity contribution is -0.131. The summed E-state index contributed by atoms with van der Waals surface area (Å²) in [6, 6.07) is 11.9. The Morgan fingerprint density at radius 2 is 1.59 bits per heavy atom. The number of hydrogen-bond acceptors (Lipinski definition) is 6. The number of carbonyl (C=O) groups is 3. The van der Waals surface area contributed by atoms with Gasteiger partial charge in [-0.15, -0.1) is 0 Å². The van der Waals surface area contributed by atoms with Crippen molar-refractivity contribution in [3.63, 3.8) is 0 Å². The van der Waals surface area contributed by atoms with E-state index in [2.05, 4.69) is 31.2 Å². The number of hydrogen-bond donors (Lipinski definition) is 4. The number of benzene rings is 2. The Bertz CT molecular complexity index is 1440. The molecule has 0 unspecified atom stereocenters. The first kappa shape index (κ1) is 28.0. The molecule has 2 aliphatic rings. The Balaban J connectivity index is 1.16. The third kappa shape index (κ3) is 6.95. The van der Waals surface area contributed by atoms with Gasteiger partial charge >= 0.3 is 6.03 Å². The van der Waals surface area contributed by atoms with Gasteiger partial charge in [0.05, 0.1) is 5.69 Å². The van der Waals surface area contributed by atoms with Crippen LogP contribution in [-0.4, -0.2) is 53.9 Å². The number of nitrogens with one attached hydrogen (secondary N) is 4. The Morgan fingerprint density at radius 3 is 2.27 bits per heavy atom. The lowest BCUT2D eigenvalue weighted by Gasteiger charge is -2.29. The molecule has 1 saturated heterocycles. The van der Waals surface area contributed by atoms with E-state index in [1.165, 1.54) is 48.7 Å². The highest BCUT2D eigenvalue weighted by Gasteiger charge is 2.56. The van der Waals surface area contributed by atoms with Crippen molar-refractivity contribution in [2.24, 2.45) is 5.41 Å². The van der Waals surface area contributed by atoms with Crippen LogP contribution in [0.4, 0.5) is 30.8 Å². The van der Waals surface area contributed by atoms with Crippen molar-refractivity contribution in [3.8, 4) is 11.5 Å². The highest BCUT2D eigenvalue weighted by atomic mass is 19.1. The van der Waals surface area contributed by atoms with Gasteiger partial charge in [-0.05, 0) is 88.3 Å². The van der Waals surface area contributed by atoms with Gasteiger partial charge in [0.1, 0.15) is 34.4 Å². The normalized spacial score (nSPS) is 16.4. The van der Waals surface area contributed by atoms with Crippen LogP contribution in [0.25, 0.3) is 0 Å². The van der Waals surface area contributed by atoms with Crippen molar-refractivity contribution in [2.45, 2.75) is 31.7 Å². The molecule has 0 atom stereocenters. The zero-order chi connectivity index (χ0) is 29.0. The quantitative estimate of drug-likeness (QED) is 0.294. The predicted octanol–water partition coefficient (Wildman–Crippen LogP) is 4.73. The number of aromatic nitrogens is 1. The molecule has 12 heteroatoms. The van der Waals surface area contributed by atoms with Crippen LogP contribution in [0.3, 0.4) is 0 Å². The van der Waals surface area contributed by atoms with Gasteiger partial charge in [0, 0.05) is 30.1 Å². The zero-order valence-corrected chi connectivity index (χ0v) is 22.4. The van der Waals surface area contributed by atoms with E-state index in [1.54, 1.807) is 6.07 Å². The van der Waals surface area contributed by atoms with Gasteiger partial charge in [0.25, 0.3) is 0 Å². The minimum atomic E-state index is -1.32. The minimum Gasteiger partial charge on any atom is -0.457 e. The average Bonchev–Trinajstić information content (AvgIpc) is 3.75. The topological polar surface area (TPSA) is 125 Å². The summed E-state index contributed by atoms with van der Waals surface area (Å²) in [5.41, 5.74) is -1.07. The van der Waals surface area contributed by atoms with Crippen molar-refractivity contribution < 1.29 is 27.9 Å². The van der Waals surface area contributed by atoms with E-state index in [0.717, 1.165) is 32.0 Å². The first-order valence-electron chi connectivity index (χ1n) is 13.3. The largest absolute Gasteiger partial charge is 0.457 e. The molecule has 3 aromatic rings. The van der Waals surface area contributed by atoms with E-state index in [1.807, 2.05) is 7.05 Å². The summed E-state index contributed by atoms with van der Waals surface area (Å²) in [6.45, 7) is 1.83. The van der Waals surface area contributed by atoms with Crippen LogP contribution in [-0.2, 0) is 9.59 Å². The third-order valence-electron chi connectivity index (χ3n) is 7.17. The lowest BCUT2D eigenvalue weighted by atomic mass is 10.0. The second-order valence-electron chi connectivity index (χ2n) is 10.3. The minimum absolute atomic E-state index is 0.0894. The zero-order valence-electron chi connectivity index (χ0n) is 22.4. The van der Waals surface area contributed by atoms with Crippen molar-refractivity contribution in [2.75, 3.05) is 36.1 Å². The van der Waals surface area contributed by atoms with Crippen molar-refractivity contribution >= 4 is 35.0 Å². The molecule has 0 spiro atoms. The number of nitrogens with zero attached hydrogens (tertiary/aromatic N) is 2. The second-order valence-corrected chi connectivity index (χ2v) is 10.3. The third-order valence-corrected chi connectivity index (χ3v) is 7.17. The van der Waals surface area contributed by atoms with Gasteiger partial charge < -0.3 is 25.6 Å². The van der Waals surface area contributed by atoms with E-state index in [0.29, 0.717) is 24.3 Å². The fourth-order valence-corrected chi connectivity index (χ4v) is 4.54. The van der Waals surface area contributed by atoms with Gasteiger partial charge in [-0.1, -0.05) is 0 Å². The summed E-state index contributed by atoms with van der Waals surface area (Å²) < 4.78 is 33.8. The molecule has 2 fully saturated rings. The molecular weight excluding hydrogens is 534 g/mol. The maximum absolute atomic E-state index is 14.9. The van der Waals surface area contributed by atoms with Crippen LogP contribution < -0.4 is 26.0 Å². The number of piperidine rings is 1. The smallest absolute Gasteiger partial charge is 0.320 e. The fraction of sp³-hybridized carbons (Fsp3) is 0.310. The number of urea groups is 1. The Kier molecular flexibility index (Phi) is 8.11. The van der Waals surface area contributed by atoms with E-state index in [4.69, 9.17) is 4.74 Å². The van der Waals surface area contributed by atoms with E-state index in [9.17, 15) is 23.2 Å². The first-order valence-corrected chi connectivity index (χ1v) is 13.3. The summed E-state index contributed by atoms with van der Waals surface area (Å²) in [7, 11) is 2.05. The predicted molar refractivity (Wildman–Crippen MR) is 149 cm³/mol. The van der Waals surface area contributed by atoms with Crippen molar-refractivity contribution in [3.05, 3.63) is 72.4 Å². The van der Waals surface area contributed by atoms with Gasteiger partial charge in [0.15, 0.2) is 0 Å². The monoisotopic (exact) mass is 564 g/mol. The van der Waals surface area contributed by atoms with Crippen LogP contribution in [0.1, 0.15) is 25.7 Å². The number of anilines is 3. The molecule has 4 N–H and O–H groups in total. The summed E-state index contributed by atoms with van der Waals surface area (Å²) in [4.78, 5) is 44.4. The molecule has 1 aromatic heterocycles. The van der Waals surface area contributed by atoms with Crippen molar-refractivity contribution in [1.29, 1.82) is 0 Å². The Hall–Kier alpha value is -4.58. The molecule has 10 nitrogen and oxygen atoms in total. The van der Waals surface area contributed by atoms with Crippen LogP contribution in [0, 0.1) is 17.0 Å². The Morgan fingerprint density at radius 1 is 0.902 bits per heavy atom. The lowest BCUT2D eigenvalue weighted by Crippen LogP contribution is -2.44. The summed E-state index contributed by atoms with van der Waals surface area (Å²) in [5.74, 6) is -1.63. The maximum atomic E-state index is 14.9. The number of pyridine rings is 1. The molecule has 41 heavy (non-hydrogen) atoms. The fourth-order valence-electron chi connectivity index (χ4n) is 4.54. The number of ether oxygens (including phenoxy) is 1. The molecule has 2 heterocycles. The summed E-state index contributed by atoms with van der Waals surface area (Å²) in [5, 5.41) is 10.7. The maximum Gasteiger partial charge on any atom is 0.320 e. The number of carbonyl (C=O) groups excluding carboxylic acids is 3. The highest BCUT2D eigenvalue weighted by Crippen LogP contribution is 2.47. The summed E-state index contributed by atoms with van der Waals surface area (Å²) in [6.07, 6.45) is 3.81. The standard InChI is InChI=1S/C29H30F2N6O4/c1-37-14-9-20(10-15-37)34-28(40)36-25-17-22(8-13-32-25)41-21-6-7-24(23(31)16-21)35-27(39)29(11-12-29)26(38)33-19-4-2-18(30)3-5-19/h2-8,13,16-17,20H,9-12,14-15H2,1H3,(H,33,38)(H,35,39)(H2,32,34,36,40). The molecule has 1 aliphatic carbocycles. The SMILES string of the molecule is CN1CCC(NC(=O)Nc2cc(Oc3ccc(NC(=O)C4(C(=O)Nc5ccc(F)cc5)CC4)c(F)c3)ccn2)CC1. The van der Waals surface area contributed by atoms with E-state index >= 15 is 0 Å². The number of halogens is 2. The van der Waals surface area contributed by atoms with Crippen molar-refractivity contribution in [1.82, 2.24) is 15.2 Å². The number of amides is 4. The molecular formula is C29H30F2N6O4. The molecule has 1 aliphatic heterocycles. The molecule has 0 radical (unpaired) electrons. The average molecular weight is 565 g/mol. The van der Waals surface area contributed by atoms with Gasteiger partial charge in [-0.3, -0.25) is 14.9 Å². The summed E-state index contributed by atoms with van der Waals surface area (Å²) >= 11 is 0. The highest BCUT2D eigenvalue weighted by molar-refractivity contribution is 6.16. The molecule has 214 valence electrons. The van der Waals surface area contributed by atoms with Crippen LogP contribution >= 0.6 is 0 Å². The van der Waals surface area contributed by atoms with Gasteiger partial charge in [0.2, 0.25) is 11.8 Å². The molecule has 5 rings (SSSR count). The van der Waals surface area contributed by atoms with Gasteiger partial charge in [-0.25, -0.2) is 18.6 Å². The number of rotatable bonds is 8. The Labute approximate surface area is 235 Å². The van der Waals surface area contributed by atoms with Gasteiger partial charge in [-0.2, -0.15) is 0 Å². The van der Waals surface area contributed by atoms with Crippen LogP contribution in [0.5, 0.6) is 11.5 Å². The van der Waals surface area contributed by atoms with Crippen LogP contribution in [0.2, 0.25) is 0 Å². The molecule has 2 aromatic carbocycles. The van der Waals surface area contributed by atoms with E-state index in [-0.39, 0.29) is 29.3 Å². The van der Waals surface area contributed by atoms with Crippen LogP contribution in [0.15, 0.2) is 60.8 Å². The first-order chi connectivity index (χ1) is 19.7. The number of likely N-dealkylation sites (tertiary alicyclic amines) is 1. The molecule has 0 bridgehead atoms. The molecule has 4 amide bonds. The van der Waals surface area contributed by atoms with E-state index < -0.39 is 28.9 Å².